The third kappa shape index (κ3) is 5.15. The quantitative estimate of drug-likeness (QED) is 0.732. The number of ether oxygens (including phenoxy) is 2. The Bertz CT molecular complexity index is 650. The standard InChI is InChI=1S/C18H22N2O4/c1-3-23-18(22)19(2)12-13-24-17(21)14-15-6-8-16(9-7-15)20-10-4-5-11-20/h4-11H,3,12-14H2,1-2H3. The van der Waals surface area contributed by atoms with E-state index in [2.05, 4.69) is 0 Å². The minimum atomic E-state index is -0.422. The highest BCUT2D eigenvalue weighted by molar-refractivity contribution is 5.72. The summed E-state index contributed by atoms with van der Waals surface area (Å²) in [6, 6.07) is 11.6. The third-order valence-electron chi connectivity index (χ3n) is 3.46. The van der Waals surface area contributed by atoms with Crippen LogP contribution in [0.3, 0.4) is 0 Å². The molecule has 0 unspecified atom stereocenters. The zero-order chi connectivity index (χ0) is 17.4. The molecule has 24 heavy (non-hydrogen) atoms. The van der Waals surface area contributed by atoms with Gasteiger partial charge in [-0.15, -0.1) is 0 Å². The molecule has 0 N–H and O–H groups in total. The summed E-state index contributed by atoms with van der Waals surface area (Å²) in [6.45, 7) is 2.52. The smallest absolute Gasteiger partial charge is 0.409 e. The Hall–Kier alpha value is -2.76. The van der Waals surface area contributed by atoms with Gasteiger partial charge < -0.3 is 18.9 Å². The summed E-state index contributed by atoms with van der Waals surface area (Å²) in [7, 11) is 1.60. The molecule has 1 amide bonds. The molecule has 6 heteroatoms. The highest BCUT2D eigenvalue weighted by Gasteiger charge is 2.10. The van der Waals surface area contributed by atoms with Gasteiger partial charge in [0.05, 0.1) is 19.6 Å². The van der Waals surface area contributed by atoms with E-state index < -0.39 is 6.09 Å². The van der Waals surface area contributed by atoms with Crippen LogP contribution in [0.2, 0.25) is 0 Å². The number of hydrogen-bond donors (Lipinski definition) is 0. The van der Waals surface area contributed by atoms with E-state index in [0.717, 1.165) is 11.3 Å². The van der Waals surface area contributed by atoms with Gasteiger partial charge >= 0.3 is 12.1 Å². The highest BCUT2D eigenvalue weighted by Crippen LogP contribution is 2.10. The van der Waals surface area contributed by atoms with E-state index in [9.17, 15) is 9.59 Å². The first-order valence-electron chi connectivity index (χ1n) is 7.86. The number of likely N-dealkylation sites (N-methyl/N-ethyl adjacent to an activating group) is 1. The van der Waals surface area contributed by atoms with Gasteiger partial charge in [-0.3, -0.25) is 4.79 Å². The summed E-state index contributed by atoms with van der Waals surface area (Å²) in [5.74, 6) is -0.319. The molecule has 0 aliphatic carbocycles. The molecule has 0 aliphatic rings. The fourth-order valence-electron chi connectivity index (χ4n) is 2.13. The lowest BCUT2D eigenvalue weighted by atomic mass is 10.1. The molecule has 0 spiro atoms. The van der Waals surface area contributed by atoms with Crippen LogP contribution in [-0.2, 0) is 20.7 Å². The second-order valence-electron chi connectivity index (χ2n) is 5.27. The Morgan fingerprint density at radius 3 is 2.38 bits per heavy atom. The van der Waals surface area contributed by atoms with Crippen LogP contribution in [0, 0.1) is 0 Å². The molecule has 0 atom stereocenters. The Morgan fingerprint density at radius 2 is 1.75 bits per heavy atom. The van der Waals surface area contributed by atoms with Crippen molar-refractivity contribution in [3.8, 4) is 5.69 Å². The molecule has 6 nitrogen and oxygen atoms in total. The Labute approximate surface area is 141 Å². The highest BCUT2D eigenvalue weighted by atomic mass is 16.6. The number of amides is 1. The van der Waals surface area contributed by atoms with Gasteiger partial charge in [0, 0.05) is 25.1 Å². The van der Waals surface area contributed by atoms with Crippen molar-refractivity contribution in [2.24, 2.45) is 0 Å². The Kier molecular flexibility index (Phi) is 6.42. The molecule has 0 saturated heterocycles. The molecular formula is C18H22N2O4. The van der Waals surface area contributed by atoms with Gasteiger partial charge in [-0.1, -0.05) is 12.1 Å². The lowest BCUT2D eigenvalue weighted by molar-refractivity contribution is -0.143. The van der Waals surface area contributed by atoms with Crippen LogP contribution in [0.5, 0.6) is 0 Å². The van der Waals surface area contributed by atoms with E-state index in [-0.39, 0.29) is 19.0 Å². The van der Waals surface area contributed by atoms with Gasteiger partial charge in [-0.05, 0) is 36.8 Å². The molecule has 0 aliphatic heterocycles. The lowest BCUT2D eigenvalue weighted by Gasteiger charge is -2.16. The van der Waals surface area contributed by atoms with E-state index in [1.807, 2.05) is 53.4 Å². The minimum absolute atomic E-state index is 0.148. The van der Waals surface area contributed by atoms with Gasteiger partial charge in [-0.25, -0.2) is 4.79 Å². The van der Waals surface area contributed by atoms with Crippen molar-refractivity contribution < 1.29 is 19.1 Å². The van der Waals surface area contributed by atoms with Gasteiger partial charge in [0.25, 0.3) is 0 Å². The molecule has 0 radical (unpaired) electrons. The maximum absolute atomic E-state index is 11.8. The Balaban J connectivity index is 1.75. The largest absolute Gasteiger partial charge is 0.464 e. The van der Waals surface area contributed by atoms with Crippen molar-refractivity contribution in [3.05, 3.63) is 54.4 Å². The maximum atomic E-state index is 11.8. The van der Waals surface area contributed by atoms with Crippen molar-refractivity contribution in [2.45, 2.75) is 13.3 Å². The van der Waals surface area contributed by atoms with E-state index in [4.69, 9.17) is 9.47 Å². The number of rotatable bonds is 7. The molecule has 0 fully saturated rings. The fraction of sp³-hybridized carbons (Fsp3) is 0.333. The summed E-state index contributed by atoms with van der Waals surface area (Å²) >= 11 is 0. The van der Waals surface area contributed by atoms with E-state index in [0.29, 0.717) is 13.2 Å². The number of carbonyl (C=O) groups excluding carboxylic acids is 2. The molecule has 1 aromatic carbocycles. The summed E-state index contributed by atoms with van der Waals surface area (Å²) in [4.78, 5) is 24.6. The zero-order valence-electron chi connectivity index (χ0n) is 14.0. The number of benzene rings is 1. The number of hydrogen-bond acceptors (Lipinski definition) is 4. The van der Waals surface area contributed by atoms with Crippen LogP contribution in [0.4, 0.5) is 4.79 Å². The number of aromatic nitrogens is 1. The zero-order valence-corrected chi connectivity index (χ0v) is 14.0. The third-order valence-corrected chi connectivity index (χ3v) is 3.46. The molecule has 2 rings (SSSR count). The van der Waals surface area contributed by atoms with E-state index >= 15 is 0 Å². The molecule has 1 aromatic heterocycles. The van der Waals surface area contributed by atoms with Crippen molar-refractivity contribution >= 4 is 12.1 Å². The lowest BCUT2D eigenvalue weighted by Crippen LogP contribution is -2.31. The van der Waals surface area contributed by atoms with Crippen LogP contribution in [0.1, 0.15) is 12.5 Å². The van der Waals surface area contributed by atoms with Crippen LogP contribution in [0.15, 0.2) is 48.8 Å². The van der Waals surface area contributed by atoms with Gasteiger partial charge in [0.2, 0.25) is 0 Å². The summed E-state index contributed by atoms with van der Waals surface area (Å²) in [5.41, 5.74) is 1.92. The van der Waals surface area contributed by atoms with E-state index in [1.54, 1.807) is 14.0 Å². The first kappa shape index (κ1) is 17.6. The van der Waals surface area contributed by atoms with Crippen molar-refractivity contribution in [3.63, 3.8) is 0 Å². The molecule has 0 bridgehead atoms. The fourth-order valence-corrected chi connectivity index (χ4v) is 2.13. The van der Waals surface area contributed by atoms with Gasteiger partial charge in [-0.2, -0.15) is 0 Å². The summed E-state index contributed by atoms with van der Waals surface area (Å²) in [5, 5.41) is 0. The van der Waals surface area contributed by atoms with E-state index in [1.165, 1.54) is 4.90 Å². The average Bonchev–Trinajstić information content (AvgIpc) is 3.10. The molecule has 0 saturated carbocycles. The molecule has 2 aromatic rings. The monoisotopic (exact) mass is 330 g/mol. The van der Waals surface area contributed by atoms with Crippen LogP contribution >= 0.6 is 0 Å². The number of esters is 1. The molecule has 1 heterocycles. The maximum Gasteiger partial charge on any atom is 0.409 e. The first-order valence-corrected chi connectivity index (χ1v) is 7.86. The predicted molar refractivity (Wildman–Crippen MR) is 90.1 cm³/mol. The van der Waals surface area contributed by atoms with Gasteiger partial charge in [0.1, 0.15) is 6.61 Å². The Morgan fingerprint density at radius 1 is 1.08 bits per heavy atom. The van der Waals surface area contributed by atoms with Gasteiger partial charge in [0.15, 0.2) is 0 Å². The second kappa shape index (κ2) is 8.76. The van der Waals surface area contributed by atoms with Crippen LogP contribution in [0.25, 0.3) is 5.69 Å². The first-order chi connectivity index (χ1) is 11.6. The molecular weight excluding hydrogens is 308 g/mol. The average molecular weight is 330 g/mol. The SMILES string of the molecule is CCOC(=O)N(C)CCOC(=O)Cc1ccc(-n2cccc2)cc1. The van der Waals surface area contributed by atoms with Crippen LogP contribution in [-0.4, -0.2) is 48.3 Å². The second-order valence-corrected chi connectivity index (χ2v) is 5.27. The molecule has 128 valence electrons. The minimum Gasteiger partial charge on any atom is -0.464 e. The van der Waals surface area contributed by atoms with Crippen molar-refractivity contribution in [2.75, 3.05) is 26.8 Å². The van der Waals surface area contributed by atoms with Crippen LogP contribution < -0.4 is 0 Å². The summed E-state index contributed by atoms with van der Waals surface area (Å²) in [6.07, 6.45) is 3.70. The normalized spacial score (nSPS) is 10.2. The van der Waals surface area contributed by atoms with Crippen molar-refractivity contribution in [1.29, 1.82) is 0 Å². The summed E-state index contributed by atoms with van der Waals surface area (Å²) < 4.78 is 12.0. The topological polar surface area (TPSA) is 60.8 Å². The number of nitrogens with zero attached hydrogens (tertiary/aromatic N) is 2. The number of carbonyl (C=O) groups is 2. The predicted octanol–water partition coefficient (Wildman–Crippen LogP) is 2.65. The van der Waals surface area contributed by atoms with Crippen molar-refractivity contribution in [1.82, 2.24) is 9.47 Å².